The van der Waals surface area contributed by atoms with Crippen molar-refractivity contribution in [3.8, 4) is 0 Å². The molecule has 80 valence electrons. The lowest BCUT2D eigenvalue weighted by Gasteiger charge is -2.18. The number of ether oxygens (including phenoxy) is 1. The van der Waals surface area contributed by atoms with Gasteiger partial charge in [0.1, 0.15) is 25.3 Å². The molecule has 2 heterocycles. The highest BCUT2D eigenvalue weighted by Crippen LogP contribution is 2.14. The number of hydrogen-bond donors (Lipinski definition) is 0. The maximum Gasteiger partial charge on any atom is 0.151 e. The third-order valence-electron chi connectivity index (χ3n) is 2.01. The fourth-order valence-corrected chi connectivity index (χ4v) is 1.22. The zero-order valence-corrected chi connectivity index (χ0v) is 8.56. The summed E-state index contributed by atoms with van der Waals surface area (Å²) in [4.78, 5) is 7.70. The Balaban J connectivity index is 1.98. The quantitative estimate of drug-likeness (QED) is 0.736. The van der Waals surface area contributed by atoms with E-state index in [4.69, 9.17) is 4.74 Å². The molecule has 0 fully saturated rings. The van der Waals surface area contributed by atoms with Crippen LogP contribution in [0.2, 0.25) is 0 Å². The molecule has 0 aliphatic heterocycles. The summed E-state index contributed by atoms with van der Waals surface area (Å²) in [7, 11) is 0. The van der Waals surface area contributed by atoms with Crippen LogP contribution in [0, 0.1) is 0 Å². The van der Waals surface area contributed by atoms with Crippen LogP contribution in [0.3, 0.4) is 0 Å². The molecule has 2 unspecified atom stereocenters. The van der Waals surface area contributed by atoms with Crippen LogP contribution in [0.25, 0.3) is 0 Å². The largest absolute Gasteiger partial charge is 0.332 e. The molecule has 0 amide bonds. The highest BCUT2D eigenvalue weighted by Gasteiger charge is 2.11. The van der Waals surface area contributed by atoms with Crippen molar-refractivity contribution >= 4 is 0 Å². The van der Waals surface area contributed by atoms with Crippen molar-refractivity contribution in [2.75, 3.05) is 0 Å². The summed E-state index contributed by atoms with van der Waals surface area (Å²) in [5.74, 6) is 0. The van der Waals surface area contributed by atoms with E-state index in [-0.39, 0.29) is 12.5 Å². The molecule has 0 spiro atoms. The molecule has 7 heteroatoms. The Morgan fingerprint density at radius 2 is 1.40 bits per heavy atom. The average molecular weight is 208 g/mol. The molecule has 15 heavy (non-hydrogen) atoms. The summed E-state index contributed by atoms with van der Waals surface area (Å²) in [5, 5.41) is 7.97. The maximum absolute atomic E-state index is 5.66. The van der Waals surface area contributed by atoms with Gasteiger partial charge in [-0.25, -0.2) is 19.3 Å². The van der Waals surface area contributed by atoms with Gasteiger partial charge in [-0.3, -0.25) is 0 Å². The van der Waals surface area contributed by atoms with Gasteiger partial charge >= 0.3 is 0 Å². The maximum atomic E-state index is 5.66. The van der Waals surface area contributed by atoms with E-state index in [9.17, 15) is 0 Å². The van der Waals surface area contributed by atoms with Crippen molar-refractivity contribution in [3.05, 3.63) is 25.3 Å². The Morgan fingerprint density at radius 1 is 0.933 bits per heavy atom. The van der Waals surface area contributed by atoms with Crippen LogP contribution in [-0.2, 0) is 4.74 Å². The van der Waals surface area contributed by atoms with Crippen LogP contribution >= 0.6 is 0 Å². The first-order valence-electron chi connectivity index (χ1n) is 4.61. The lowest BCUT2D eigenvalue weighted by Crippen LogP contribution is -2.17. The molecule has 0 saturated carbocycles. The van der Waals surface area contributed by atoms with E-state index < -0.39 is 0 Å². The first kappa shape index (κ1) is 9.78. The second-order valence-corrected chi connectivity index (χ2v) is 3.09. The van der Waals surface area contributed by atoms with Gasteiger partial charge in [0.15, 0.2) is 12.5 Å². The van der Waals surface area contributed by atoms with Crippen molar-refractivity contribution in [2.45, 2.75) is 26.3 Å². The van der Waals surface area contributed by atoms with Crippen molar-refractivity contribution in [1.29, 1.82) is 0 Å². The second-order valence-electron chi connectivity index (χ2n) is 3.09. The molecule has 2 rings (SSSR count). The molecule has 0 radical (unpaired) electrons. The van der Waals surface area contributed by atoms with E-state index in [1.165, 1.54) is 12.7 Å². The zero-order chi connectivity index (χ0) is 10.7. The van der Waals surface area contributed by atoms with Crippen molar-refractivity contribution in [1.82, 2.24) is 29.5 Å². The van der Waals surface area contributed by atoms with Crippen molar-refractivity contribution < 1.29 is 4.74 Å². The molecule has 0 aliphatic rings. The van der Waals surface area contributed by atoms with Crippen LogP contribution in [0.5, 0.6) is 0 Å². The third-order valence-corrected chi connectivity index (χ3v) is 2.01. The predicted octanol–water partition coefficient (Wildman–Crippen LogP) is 0.623. The first-order valence-corrected chi connectivity index (χ1v) is 4.61. The normalized spacial score (nSPS) is 15.1. The molecule has 0 saturated heterocycles. The summed E-state index contributed by atoms with van der Waals surface area (Å²) in [6, 6.07) is 0. The Labute approximate surface area is 86.7 Å². The molecule has 0 aromatic carbocycles. The molecule has 0 aliphatic carbocycles. The predicted molar refractivity (Wildman–Crippen MR) is 50.6 cm³/mol. The minimum Gasteiger partial charge on any atom is -0.332 e. The topological polar surface area (TPSA) is 70.7 Å². The molecule has 7 nitrogen and oxygen atoms in total. The van der Waals surface area contributed by atoms with Crippen molar-refractivity contribution in [3.63, 3.8) is 0 Å². The molecule has 0 N–H and O–H groups in total. The summed E-state index contributed by atoms with van der Waals surface area (Å²) in [5.41, 5.74) is 0. The minimum atomic E-state index is -0.188. The highest BCUT2D eigenvalue weighted by molar-refractivity contribution is 4.61. The number of rotatable bonds is 4. The average Bonchev–Trinajstić information content (AvgIpc) is 2.91. The van der Waals surface area contributed by atoms with E-state index >= 15 is 0 Å². The first-order chi connectivity index (χ1) is 7.27. The molecular weight excluding hydrogens is 196 g/mol. The second kappa shape index (κ2) is 4.18. The lowest BCUT2D eigenvalue weighted by atomic mass is 10.6. The van der Waals surface area contributed by atoms with Gasteiger partial charge in [0.25, 0.3) is 0 Å². The summed E-state index contributed by atoms with van der Waals surface area (Å²) in [6.07, 6.45) is 5.79. The Kier molecular flexibility index (Phi) is 2.72. The zero-order valence-electron chi connectivity index (χ0n) is 8.56. The van der Waals surface area contributed by atoms with Gasteiger partial charge in [0.2, 0.25) is 0 Å². The molecule has 0 bridgehead atoms. The smallest absolute Gasteiger partial charge is 0.151 e. The van der Waals surface area contributed by atoms with Gasteiger partial charge in [0.05, 0.1) is 0 Å². The van der Waals surface area contributed by atoms with Gasteiger partial charge < -0.3 is 4.74 Å². The standard InChI is InChI=1S/C8H12N6O/c1-7(13-5-9-3-11-13)15-8(2)14-6-10-4-12-14/h3-8H,1-2H3. The lowest BCUT2D eigenvalue weighted by molar-refractivity contribution is -0.0822. The van der Waals surface area contributed by atoms with Crippen LogP contribution in [0.1, 0.15) is 26.3 Å². The Hall–Kier alpha value is -1.76. The highest BCUT2D eigenvalue weighted by atomic mass is 16.5. The monoisotopic (exact) mass is 208 g/mol. The summed E-state index contributed by atoms with van der Waals surface area (Å²) < 4.78 is 8.92. The van der Waals surface area contributed by atoms with Gasteiger partial charge in [-0.05, 0) is 13.8 Å². The fraction of sp³-hybridized carbons (Fsp3) is 0.500. The SMILES string of the molecule is CC(OC(C)n1cncn1)n1cncn1. The van der Waals surface area contributed by atoms with Crippen LogP contribution < -0.4 is 0 Å². The van der Waals surface area contributed by atoms with Crippen LogP contribution in [-0.4, -0.2) is 29.5 Å². The van der Waals surface area contributed by atoms with E-state index in [2.05, 4.69) is 20.2 Å². The Morgan fingerprint density at radius 3 is 1.73 bits per heavy atom. The third kappa shape index (κ3) is 2.18. The van der Waals surface area contributed by atoms with E-state index in [0.29, 0.717) is 0 Å². The number of aromatic nitrogens is 6. The van der Waals surface area contributed by atoms with Crippen LogP contribution in [0.15, 0.2) is 25.3 Å². The van der Waals surface area contributed by atoms with E-state index in [1.54, 1.807) is 22.0 Å². The summed E-state index contributed by atoms with van der Waals surface area (Å²) >= 11 is 0. The summed E-state index contributed by atoms with van der Waals surface area (Å²) in [6.45, 7) is 3.78. The Bertz CT molecular complexity index is 345. The number of hydrogen-bond acceptors (Lipinski definition) is 5. The van der Waals surface area contributed by atoms with E-state index in [1.807, 2.05) is 13.8 Å². The van der Waals surface area contributed by atoms with Crippen LogP contribution in [0.4, 0.5) is 0 Å². The minimum absolute atomic E-state index is 0.188. The van der Waals surface area contributed by atoms with Gasteiger partial charge in [-0.15, -0.1) is 0 Å². The number of nitrogens with zero attached hydrogens (tertiary/aromatic N) is 6. The molecule has 2 aromatic heterocycles. The van der Waals surface area contributed by atoms with E-state index in [0.717, 1.165) is 0 Å². The molecule has 2 atom stereocenters. The van der Waals surface area contributed by atoms with Gasteiger partial charge in [0, 0.05) is 0 Å². The van der Waals surface area contributed by atoms with Crippen molar-refractivity contribution in [2.24, 2.45) is 0 Å². The molecular formula is C8H12N6O. The fourth-order valence-electron chi connectivity index (χ4n) is 1.22. The molecule has 2 aromatic rings. The van der Waals surface area contributed by atoms with Gasteiger partial charge in [-0.2, -0.15) is 10.2 Å². The van der Waals surface area contributed by atoms with Gasteiger partial charge in [-0.1, -0.05) is 0 Å².